The Kier molecular flexibility index (Phi) is 7.48. The van der Waals surface area contributed by atoms with Gasteiger partial charge in [-0.25, -0.2) is 9.98 Å². The van der Waals surface area contributed by atoms with Crippen LogP contribution in [0, 0.1) is 0 Å². The highest BCUT2D eigenvalue weighted by Crippen LogP contribution is 2.16. The van der Waals surface area contributed by atoms with Gasteiger partial charge in [-0.15, -0.1) is 0 Å². The highest BCUT2D eigenvalue weighted by atomic mass is 32.2. The van der Waals surface area contributed by atoms with Gasteiger partial charge in [-0.3, -0.25) is 9.59 Å². The summed E-state index contributed by atoms with van der Waals surface area (Å²) in [7, 11) is 0. The molecule has 2 N–H and O–H groups in total. The Bertz CT molecular complexity index is 845. The summed E-state index contributed by atoms with van der Waals surface area (Å²) < 4.78 is 14.0. The molecule has 1 aromatic heterocycles. The van der Waals surface area contributed by atoms with E-state index in [4.69, 9.17) is 9.15 Å². The molecule has 1 aliphatic rings. The molecule has 3 rings (SSSR count). The Morgan fingerprint density at radius 3 is 2.76 bits per heavy atom. The largest absolute Gasteiger partial charge is 0.434 e. The van der Waals surface area contributed by atoms with E-state index in [1.54, 1.807) is 12.1 Å². The smallest absolute Gasteiger partial charge is 0.266 e. The quantitative estimate of drug-likeness (QED) is 0.301. The van der Waals surface area contributed by atoms with Gasteiger partial charge in [0.2, 0.25) is 17.6 Å². The number of hydrogen-bond acceptors (Lipinski definition) is 7. The predicted octanol–water partition coefficient (Wildman–Crippen LogP) is 1.46. The summed E-state index contributed by atoms with van der Waals surface area (Å²) >= 11 is 1.41. The molecule has 9 nitrogen and oxygen atoms in total. The van der Waals surface area contributed by atoms with Crippen LogP contribution in [0.4, 0.5) is 0 Å². The van der Waals surface area contributed by atoms with Gasteiger partial charge in [-0.1, -0.05) is 31.0 Å². The average Bonchev–Trinajstić information content (AvgIpc) is 3.19. The van der Waals surface area contributed by atoms with Crippen molar-refractivity contribution in [1.29, 1.82) is 0 Å². The molecule has 156 valence electrons. The van der Waals surface area contributed by atoms with E-state index in [0.29, 0.717) is 49.8 Å². The van der Waals surface area contributed by atoms with Gasteiger partial charge < -0.3 is 24.1 Å². The zero-order valence-electron chi connectivity index (χ0n) is 16.5. The van der Waals surface area contributed by atoms with Crippen LogP contribution in [0.1, 0.15) is 24.0 Å². The van der Waals surface area contributed by atoms with Crippen LogP contribution in [0.5, 0.6) is 0 Å². The maximum Gasteiger partial charge on any atom is 0.266 e. The Morgan fingerprint density at radius 2 is 2.07 bits per heavy atom. The molecule has 1 aromatic carbocycles. The fraction of sp³-hybridized carbons (Fsp3) is 0.474. The van der Waals surface area contributed by atoms with E-state index in [1.165, 1.54) is 11.9 Å². The molecule has 0 spiro atoms. The number of ketones is 1. The summed E-state index contributed by atoms with van der Waals surface area (Å²) in [5.41, 5.74) is 1.15. The number of oxazole rings is 1. The Balaban J connectivity index is 1.62. The maximum absolute atomic E-state index is 12.7. The van der Waals surface area contributed by atoms with Gasteiger partial charge in [0.25, 0.3) is 5.89 Å². The van der Waals surface area contributed by atoms with Crippen molar-refractivity contribution in [3.8, 4) is 0 Å². The van der Waals surface area contributed by atoms with Gasteiger partial charge >= 0.3 is 0 Å². The molecule has 0 saturated carbocycles. The second-order valence-corrected chi connectivity index (χ2v) is 7.04. The molecule has 29 heavy (non-hydrogen) atoms. The number of ether oxygens (including phenoxy) is 1. The van der Waals surface area contributed by atoms with Crippen molar-refractivity contribution < 1.29 is 18.7 Å². The van der Waals surface area contributed by atoms with E-state index in [9.17, 15) is 9.59 Å². The fourth-order valence-corrected chi connectivity index (χ4v) is 3.31. The molecule has 1 saturated heterocycles. The number of fused-ring (bicyclic) bond motifs is 1. The molecule has 2 heterocycles. The lowest BCUT2D eigenvalue weighted by atomic mass is 10.1. The van der Waals surface area contributed by atoms with Crippen LogP contribution in [-0.2, 0) is 9.53 Å². The lowest BCUT2D eigenvalue weighted by molar-refractivity contribution is -0.120. The minimum atomic E-state index is -0.717. The number of carbonyl (C=O) groups excluding carboxylic acids is 2. The van der Waals surface area contributed by atoms with Crippen molar-refractivity contribution in [2.24, 2.45) is 4.99 Å². The SMILES string of the molecule is CCC(NC(=O)CN=C(NSC)N1CCOCC1)C(=O)c1nc2ccccc2o1. The highest BCUT2D eigenvalue weighted by Gasteiger charge is 2.25. The van der Waals surface area contributed by atoms with Gasteiger partial charge in [0.15, 0.2) is 5.58 Å². The monoisotopic (exact) mass is 419 g/mol. The molecule has 1 aliphatic heterocycles. The van der Waals surface area contributed by atoms with E-state index < -0.39 is 6.04 Å². The maximum atomic E-state index is 12.7. The van der Waals surface area contributed by atoms with Crippen LogP contribution in [0.2, 0.25) is 0 Å². The van der Waals surface area contributed by atoms with E-state index in [0.717, 1.165) is 0 Å². The second kappa shape index (κ2) is 10.3. The number of rotatable bonds is 7. The number of nitrogens with zero attached hydrogens (tertiary/aromatic N) is 3. The number of nitrogens with one attached hydrogen (secondary N) is 2. The Hall–Kier alpha value is -2.59. The minimum absolute atomic E-state index is 0.0000864. The molecule has 1 fully saturated rings. The van der Waals surface area contributed by atoms with Crippen molar-refractivity contribution >= 4 is 40.7 Å². The Morgan fingerprint density at radius 1 is 1.31 bits per heavy atom. The number of amides is 1. The lowest BCUT2D eigenvalue weighted by Gasteiger charge is -2.29. The lowest BCUT2D eigenvalue weighted by Crippen LogP contribution is -2.46. The summed E-state index contributed by atoms with van der Waals surface area (Å²) in [5, 5.41) is 2.74. The third-order valence-electron chi connectivity index (χ3n) is 4.44. The molecule has 0 aliphatic carbocycles. The number of guanidine groups is 1. The topological polar surface area (TPSA) is 109 Å². The third-order valence-corrected chi connectivity index (χ3v) is 4.83. The van der Waals surface area contributed by atoms with Crippen LogP contribution >= 0.6 is 11.9 Å². The molecule has 0 radical (unpaired) electrons. The van der Waals surface area contributed by atoms with Gasteiger partial charge in [0.1, 0.15) is 12.1 Å². The highest BCUT2D eigenvalue weighted by molar-refractivity contribution is 7.97. The van der Waals surface area contributed by atoms with Crippen molar-refractivity contribution in [2.45, 2.75) is 19.4 Å². The van der Waals surface area contributed by atoms with Crippen LogP contribution in [0.3, 0.4) is 0 Å². The number of para-hydroxylation sites is 2. The van der Waals surface area contributed by atoms with Crippen molar-refractivity contribution in [3.05, 3.63) is 30.2 Å². The number of morpholine rings is 1. The van der Waals surface area contributed by atoms with Crippen molar-refractivity contribution in [1.82, 2.24) is 19.9 Å². The second-order valence-electron chi connectivity index (χ2n) is 6.42. The van der Waals surface area contributed by atoms with Crippen LogP contribution in [0.25, 0.3) is 11.1 Å². The summed E-state index contributed by atoms with van der Waals surface area (Å²) in [4.78, 5) is 35.8. The van der Waals surface area contributed by atoms with E-state index in [1.807, 2.05) is 30.2 Å². The Labute approximate surface area is 173 Å². The van der Waals surface area contributed by atoms with Crippen LogP contribution < -0.4 is 10.0 Å². The van der Waals surface area contributed by atoms with Gasteiger partial charge in [-0.05, 0) is 18.6 Å². The molecular weight excluding hydrogens is 394 g/mol. The van der Waals surface area contributed by atoms with Gasteiger partial charge in [0, 0.05) is 19.3 Å². The van der Waals surface area contributed by atoms with Crippen molar-refractivity contribution in [3.63, 3.8) is 0 Å². The number of aromatic nitrogens is 1. The summed E-state index contributed by atoms with van der Waals surface area (Å²) in [5.74, 6) is -0.0548. The molecule has 10 heteroatoms. The average molecular weight is 420 g/mol. The number of benzene rings is 1. The van der Waals surface area contributed by atoms with Crippen LogP contribution in [-0.4, -0.2) is 72.7 Å². The molecule has 1 atom stereocenters. The molecule has 2 aromatic rings. The summed E-state index contributed by atoms with van der Waals surface area (Å²) in [6.07, 6.45) is 2.31. The molecule has 0 bridgehead atoms. The summed E-state index contributed by atoms with van der Waals surface area (Å²) in [6.45, 7) is 4.40. The first-order valence-corrected chi connectivity index (χ1v) is 10.7. The number of carbonyl (C=O) groups is 2. The normalized spacial score (nSPS) is 15.9. The summed E-state index contributed by atoms with van der Waals surface area (Å²) in [6, 6.07) is 6.44. The standard InChI is InChI=1S/C19H25N5O4S/c1-3-13(17(26)18-22-14-6-4-5-7-15(14)28-18)21-16(25)12-20-19(23-29-2)24-8-10-27-11-9-24/h4-7,13H,3,8-12H2,1-2H3,(H,20,23)(H,21,25). The van der Waals surface area contributed by atoms with Crippen LogP contribution in [0.15, 0.2) is 33.7 Å². The van der Waals surface area contributed by atoms with E-state index >= 15 is 0 Å². The van der Waals surface area contributed by atoms with E-state index in [-0.39, 0.29) is 24.1 Å². The molecule has 1 amide bonds. The van der Waals surface area contributed by atoms with Gasteiger partial charge in [-0.2, -0.15) is 0 Å². The van der Waals surface area contributed by atoms with E-state index in [2.05, 4.69) is 20.0 Å². The molecule has 1 unspecified atom stereocenters. The zero-order chi connectivity index (χ0) is 20.6. The van der Waals surface area contributed by atoms with Gasteiger partial charge in [0.05, 0.1) is 19.3 Å². The predicted molar refractivity (Wildman–Crippen MR) is 112 cm³/mol. The first kappa shape index (κ1) is 21.1. The minimum Gasteiger partial charge on any atom is -0.434 e. The number of Topliss-reactive ketones (excluding diaryl/α,β-unsaturated/α-hetero) is 1. The van der Waals surface area contributed by atoms with Crippen molar-refractivity contribution in [2.75, 3.05) is 39.1 Å². The fourth-order valence-electron chi connectivity index (χ4n) is 2.93. The zero-order valence-corrected chi connectivity index (χ0v) is 17.3. The number of aliphatic imine (C=N–C) groups is 1. The first-order valence-electron chi connectivity index (χ1n) is 9.47. The first-order chi connectivity index (χ1) is 14.1. The molecular formula is C19H25N5O4S. The third kappa shape index (κ3) is 5.48. The number of hydrogen-bond donors (Lipinski definition) is 2.